The predicted molar refractivity (Wildman–Crippen MR) is 72.0 cm³/mol. The molecule has 98 valence electrons. The van der Waals surface area contributed by atoms with Gasteiger partial charge in [0.15, 0.2) is 0 Å². The van der Waals surface area contributed by atoms with Crippen molar-refractivity contribution in [3.8, 4) is 0 Å². The summed E-state index contributed by atoms with van der Waals surface area (Å²) in [5.41, 5.74) is 0.900. The summed E-state index contributed by atoms with van der Waals surface area (Å²) in [7, 11) is 0. The van der Waals surface area contributed by atoms with E-state index in [2.05, 4.69) is 18.1 Å². The van der Waals surface area contributed by atoms with Crippen LogP contribution in [0.4, 0.5) is 0 Å². The fourth-order valence-electron chi connectivity index (χ4n) is 2.38. The third-order valence-corrected chi connectivity index (χ3v) is 3.67. The second kappa shape index (κ2) is 4.27. The standard InChI is InChI=1S/C12H11N3O3S/c16-10-6-5-9(11(17)13-10)14-7-3-1-2-4-8(7)15(19)12(14)18/h1-4,9,19H,5-6H2,(H,13,16,17). The summed E-state index contributed by atoms with van der Waals surface area (Å²) in [6.07, 6.45) is 0.557. The van der Waals surface area contributed by atoms with Crippen LogP contribution in [0.1, 0.15) is 18.9 Å². The first-order valence-corrected chi connectivity index (χ1v) is 6.24. The zero-order chi connectivity index (χ0) is 13.6. The number of aromatic nitrogens is 2. The minimum atomic E-state index is -0.663. The summed E-state index contributed by atoms with van der Waals surface area (Å²) in [5.74, 6) is -0.744. The molecule has 1 N–H and O–H groups in total. The first-order chi connectivity index (χ1) is 9.09. The smallest absolute Gasteiger partial charge is 0.295 e. The van der Waals surface area contributed by atoms with Crippen LogP contribution in [0.3, 0.4) is 0 Å². The Morgan fingerprint density at radius 3 is 2.53 bits per heavy atom. The Bertz CT molecular complexity index is 746. The third-order valence-electron chi connectivity index (χ3n) is 3.28. The van der Waals surface area contributed by atoms with Crippen LogP contribution >= 0.6 is 12.8 Å². The molecule has 2 heterocycles. The van der Waals surface area contributed by atoms with Crippen LogP contribution in [0.2, 0.25) is 0 Å². The number of thiol groups is 1. The first kappa shape index (κ1) is 12.0. The largest absolute Gasteiger partial charge is 0.339 e. The van der Waals surface area contributed by atoms with Gasteiger partial charge in [-0.3, -0.25) is 19.5 Å². The molecule has 1 unspecified atom stereocenters. The Morgan fingerprint density at radius 1 is 1.16 bits per heavy atom. The van der Waals surface area contributed by atoms with Gasteiger partial charge in [-0.25, -0.2) is 8.77 Å². The number of benzene rings is 1. The molecule has 0 bridgehead atoms. The van der Waals surface area contributed by atoms with Gasteiger partial charge < -0.3 is 0 Å². The van der Waals surface area contributed by atoms with E-state index in [0.29, 0.717) is 17.5 Å². The predicted octanol–water partition coefficient (Wildman–Crippen LogP) is 0.474. The molecule has 2 amide bonds. The van der Waals surface area contributed by atoms with Crippen LogP contribution in [0, 0.1) is 0 Å². The Kier molecular flexibility index (Phi) is 2.70. The van der Waals surface area contributed by atoms with E-state index >= 15 is 0 Å². The molecule has 7 heteroatoms. The number of carbonyl (C=O) groups excluding carboxylic acids is 2. The van der Waals surface area contributed by atoms with Crippen molar-refractivity contribution in [3.05, 3.63) is 34.7 Å². The number of hydrogen-bond donors (Lipinski definition) is 2. The van der Waals surface area contributed by atoms with Crippen LogP contribution in [-0.4, -0.2) is 20.4 Å². The van der Waals surface area contributed by atoms with Gasteiger partial charge in [0.05, 0.1) is 11.0 Å². The zero-order valence-corrected chi connectivity index (χ0v) is 10.8. The van der Waals surface area contributed by atoms with E-state index in [-0.39, 0.29) is 18.0 Å². The van der Waals surface area contributed by atoms with Crippen molar-refractivity contribution in [3.63, 3.8) is 0 Å². The van der Waals surface area contributed by atoms with Gasteiger partial charge >= 0.3 is 5.69 Å². The molecule has 1 fully saturated rings. The lowest BCUT2D eigenvalue weighted by Crippen LogP contribution is -2.44. The number of nitrogens with zero attached hydrogens (tertiary/aromatic N) is 2. The average Bonchev–Trinajstić information content (AvgIpc) is 2.64. The van der Waals surface area contributed by atoms with Gasteiger partial charge in [0.25, 0.3) is 0 Å². The van der Waals surface area contributed by atoms with Crippen molar-refractivity contribution >= 4 is 35.7 Å². The van der Waals surface area contributed by atoms with Gasteiger partial charge in [-0.2, -0.15) is 0 Å². The lowest BCUT2D eigenvalue weighted by Gasteiger charge is -2.21. The molecule has 3 rings (SSSR count). The zero-order valence-electron chi connectivity index (χ0n) is 9.87. The van der Waals surface area contributed by atoms with E-state index in [1.54, 1.807) is 24.3 Å². The Morgan fingerprint density at radius 2 is 1.84 bits per heavy atom. The maximum absolute atomic E-state index is 12.2. The number of fused-ring (bicyclic) bond motifs is 1. The van der Waals surface area contributed by atoms with Crippen molar-refractivity contribution in [1.29, 1.82) is 0 Å². The highest BCUT2D eigenvalue weighted by Crippen LogP contribution is 2.23. The number of para-hydroxylation sites is 2. The second-order valence-corrected chi connectivity index (χ2v) is 4.82. The third kappa shape index (κ3) is 1.77. The highest BCUT2D eigenvalue weighted by atomic mass is 32.1. The highest BCUT2D eigenvalue weighted by Gasteiger charge is 2.31. The molecule has 2 aromatic rings. The van der Waals surface area contributed by atoms with E-state index < -0.39 is 11.9 Å². The first-order valence-electron chi connectivity index (χ1n) is 5.84. The maximum Gasteiger partial charge on any atom is 0.339 e. The van der Waals surface area contributed by atoms with Crippen molar-refractivity contribution in [2.45, 2.75) is 18.9 Å². The number of carbonyl (C=O) groups is 2. The summed E-state index contributed by atoms with van der Waals surface area (Å²) in [6, 6.07) is 6.43. The number of imide groups is 1. The molecule has 0 saturated carbocycles. The van der Waals surface area contributed by atoms with Crippen LogP contribution in [0.5, 0.6) is 0 Å². The minimum absolute atomic E-state index is 0.231. The summed E-state index contributed by atoms with van der Waals surface area (Å²) < 4.78 is 2.60. The molecule has 0 aliphatic carbocycles. The highest BCUT2D eigenvalue weighted by molar-refractivity contribution is 7.78. The van der Waals surface area contributed by atoms with Crippen molar-refractivity contribution < 1.29 is 9.59 Å². The molecule has 0 spiro atoms. The Hall–Kier alpha value is -2.02. The molecule has 1 aromatic carbocycles. The SMILES string of the molecule is O=C1CCC(n2c(=O)n(S)c3ccccc32)C(=O)N1. The van der Waals surface area contributed by atoms with Gasteiger partial charge in [0.2, 0.25) is 11.8 Å². The molecule has 1 aliphatic heterocycles. The molecule has 1 saturated heterocycles. The van der Waals surface area contributed by atoms with Crippen molar-refractivity contribution in [2.75, 3.05) is 0 Å². The van der Waals surface area contributed by atoms with E-state index in [1.807, 2.05) is 0 Å². The summed E-state index contributed by atoms with van der Waals surface area (Å²) in [6.45, 7) is 0. The van der Waals surface area contributed by atoms with Gasteiger partial charge in [0.1, 0.15) is 6.04 Å². The molecule has 0 radical (unpaired) electrons. The van der Waals surface area contributed by atoms with Gasteiger partial charge in [-0.05, 0) is 18.6 Å². The fourth-order valence-corrected chi connectivity index (χ4v) is 2.65. The van der Waals surface area contributed by atoms with E-state index in [4.69, 9.17) is 0 Å². The minimum Gasteiger partial charge on any atom is -0.295 e. The molecule has 19 heavy (non-hydrogen) atoms. The van der Waals surface area contributed by atoms with Gasteiger partial charge in [-0.15, -0.1) is 0 Å². The fraction of sp³-hybridized carbons (Fsp3) is 0.250. The van der Waals surface area contributed by atoms with E-state index in [0.717, 1.165) is 0 Å². The van der Waals surface area contributed by atoms with Crippen LogP contribution in [0.25, 0.3) is 11.0 Å². The van der Waals surface area contributed by atoms with Crippen LogP contribution in [0.15, 0.2) is 29.1 Å². The number of imidazole rings is 1. The Balaban J connectivity index is 2.20. The van der Waals surface area contributed by atoms with Crippen LogP contribution in [-0.2, 0) is 9.59 Å². The topological polar surface area (TPSA) is 73.1 Å². The second-order valence-electron chi connectivity index (χ2n) is 4.42. The lowest BCUT2D eigenvalue weighted by atomic mass is 10.1. The monoisotopic (exact) mass is 277 g/mol. The van der Waals surface area contributed by atoms with E-state index in [9.17, 15) is 14.4 Å². The number of hydrogen-bond acceptors (Lipinski definition) is 4. The van der Waals surface area contributed by atoms with Crippen LogP contribution < -0.4 is 11.0 Å². The summed E-state index contributed by atoms with van der Waals surface area (Å²) >= 11 is 4.14. The lowest BCUT2D eigenvalue weighted by molar-refractivity contribution is -0.135. The molecular formula is C12H11N3O3S. The quantitative estimate of drug-likeness (QED) is 0.588. The molecule has 6 nitrogen and oxygen atoms in total. The van der Waals surface area contributed by atoms with E-state index in [1.165, 1.54) is 8.54 Å². The molecule has 1 aliphatic rings. The average molecular weight is 277 g/mol. The molecule has 1 atom stereocenters. The summed E-state index contributed by atoms with van der Waals surface area (Å²) in [4.78, 5) is 35.2. The number of rotatable bonds is 1. The Labute approximate surface area is 113 Å². The number of piperidine rings is 1. The van der Waals surface area contributed by atoms with Gasteiger partial charge in [-0.1, -0.05) is 24.9 Å². The van der Waals surface area contributed by atoms with Gasteiger partial charge in [0, 0.05) is 6.42 Å². The maximum atomic E-state index is 12.2. The van der Waals surface area contributed by atoms with Crippen molar-refractivity contribution in [2.24, 2.45) is 0 Å². The van der Waals surface area contributed by atoms with Crippen molar-refractivity contribution in [1.82, 2.24) is 13.9 Å². The number of amides is 2. The number of nitrogens with one attached hydrogen (secondary N) is 1. The normalized spacial score (nSPS) is 19.7. The summed E-state index contributed by atoms with van der Waals surface area (Å²) in [5, 5.41) is 2.26. The molecular weight excluding hydrogens is 266 g/mol. The molecule has 1 aromatic heterocycles.